The van der Waals surface area contributed by atoms with Crippen molar-refractivity contribution in [3.63, 3.8) is 0 Å². The molecule has 1 N–H and O–H groups in total. The average Bonchev–Trinajstić information content (AvgIpc) is 2.58. The second-order valence-electron chi connectivity index (χ2n) is 5.35. The zero-order chi connectivity index (χ0) is 18.0. The summed E-state index contributed by atoms with van der Waals surface area (Å²) in [6, 6.07) is 15.9. The van der Waals surface area contributed by atoms with Crippen LogP contribution < -0.4 is 10.7 Å². The highest BCUT2D eigenvalue weighted by molar-refractivity contribution is 9.10. The summed E-state index contributed by atoms with van der Waals surface area (Å²) in [5, 5.41) is 6.94. The number of hydrogen-bond donors (Lipinski definition) is 1. The SMILES string of the molecule is Cc1cc(=O)c(C(=O)Nc2ccc(Br)cc2)nn1-c1ccc(Br)cc1. The molecule has 1 amide bonds. The average molecular weight is 463 g/mol. The van der Waals surface area contributed by atoms with Crippen molar-refractivity contribution in [1.29, 1.82) is 0 Å². The highest BCUT2D eigenvalue weighted by atomic mass is 79.9. The maximum Gasteiger partial charge on any atom is 0.280 e. The van der Waals surface area contributed by atoms with Crippen molar-refractivity contribution in [3.8, 4) is 5.69 Å². The third-order valence-electron chi connectivity index (χ3n) is 3.50. The van der Waals surface area contributed by atoms with Gasteiger partial charge in [-0.2, -0.15) is 5.10 Å². The Bertz CT molecular complexity index is 981. The number of rotatable bonds is 3. The third-order valence-corrected chi connectivity index (χ3v) is 4.55. The molecule has 7 heteroatoms. The van der Waals surface area contributed by atoms with E-state index in [9.17, 15) is 9.59 Å². The minimum atomic E-state index is -0.543. The molecule has 25 heavy (non-hydrogen) atoms. The fraction of sp³-hybridized carbons (Fsp3) is 0.0556. The molecule has 3 rings (SSSR count). The third kappa shape index (κ3) is 4.05. The van der Waals surface area contributed by atoms with Gasteiger partial charge in [0.25, 0.3) is 5.91 Å². The van der Waals surface area contributed by atoms with Crippen LogP contribution >= 0.6 is 31.9 Å². The van der Waals surface area contributed by atoms with E-state index in [-0.39, 0.29) is 5.69 Å². The Hall–Kier alpha value is -2.25. The van der Waals surface area contributed by atoms with Gasteiger partial charge in [-0.3, -0.25) is 9.59 Å². The Balaban J connectivity index is 1.97. The topological polar surface area (TPSA) is 64.0 Å². The Morgan fingerprint density at radius 1 is 1.00 bits per heavy atom. The number of nitrogens with one attached hydrogen (secondary N) is 1. The molecule has 5 nitrogen and oxygen atoms in total. The Morgan fingerprint density at radius 3 is 2.16 bits per heavy atom. The van der Waals surface area contributed by atoms with E-state index < -0.39 is 11.3 Å². The summed E-state index contributed by atoms with van der Waals surface area (Å²) in [6.45, 7) is 1.77. The van der Waals surface area contributed by atoms with Crippen LogP contribution in [0.5, 0.6) is 0 Å². The molecule has 126 valence electrons. The first kappa shape index (κ1) is 17.6. The van der Waals surface area contributed by atoms with Gasteiger partial charge in [-0.25, -0.2) is 4.68 Å². The van der Waals surface area contributed by atoms with Crippen LogP contribution in [-0.4, -0.2) is 15.7 Å². The molecule has 0 aliphatic heterocycles. The van der Waals surface area contributed by atoms with E-state index in [0.717, 1.165) is 14.6 Å². The molecule has 0 atom stereocenters. The van der Waals surface area contributed by atoms with Crippen molar-refractivity contribution in [1.82, 2.24) is 9.78 Å². The van der Waals surface area contributed by atoms with Crippen LogP contribution in [0.3, 0.4) is 0 Å². The normalized spacial score (nSPS) is 10.5. The molecule has 0 aliphatic carbocycles. The van der Waals surface area contributed by atoms with E-state index in [4.69, 9.17) is 0 Å². The monoisotopic (exact) mass is 461 g/mol. The lowest BCUT2D eigenvalue weighted by Crippen LogP contribution is -2.26. The summed E-state index contributed by atoms with van der Waals surface area (Å²) in [6.07, 6.45) is 0. The molecule has 0 saturated heterocycles. The smallest absolute Gasteiger partial charge is 0.280 e. The largest absolute Gasteiger partial charge is 0.320 e. The molecule has 0 bridgehead atoms. The zero-order valence-electron chi connectivity index (χ0n) is 13.2. The summed E-state index contributed by atoms with van der Waals surface area (Å²) in [4.78, 5) is 24.7. The number of benzene rings is 2. The highest BCUT2D eigenvalue weighted by Gasteiger charge is 2.15. The van der Waals surface area contributed by atoms with Crippen LogP contribution in [0.1, 0.15) is 16.2 Å². The predicted octanol–water partition coefficient (Wildman–Crippen LogP) is 4.32. The Morgan fingerprint density at radius 2 is 1.56 bits per heavy atom. The minimum absolute atomic E-state index is 0.156. The van der Waals surface area contributed by atoms with Crippen molar-refractivity contribution in [2.75, 3.05) is 5.32 Å². The van der Waals surface area contributed by atoms with E-state index >= 15 is 0 Å². The van der Waals surface area contributed by atoms with E-state index in [1.54, 1.807) is 35.9 Å². The van der Waals surface area contributed by atoms with Crippen molar-refractivity contribution < 1.29 is 4.79 Å². The fourth-order valence-corrected chi connectivity index (χ4v) is 2.80. The van der Waals surface area contributed by atoms with Crippen LogP contribution in [0.2, 0.25) is 0 Å². The van der Waals surface area contributed by atoms with Gasteiger partial charge in [0.2, 0.25) is 5.43 Å². The van der Waals surface area contributed by atoms with Crippen LogP contribution in [0.15, 0.2) is 68.3 Å². The Kier molecular flexibility index (Phi) is 5.15. The van der Waals surface area contributed by atoms with E-state index in [1.807, 2.05) is 24.3 Å². The lowest BCUT2D eigenvalue weighted by molar-refractivity contribution is 0.101. The molecule has 1 aromatic heterocycles. The van der Waals surface area contributed by atoms with E-state index in [0.29, 0.717) is 11.4 Å². The molecule has 3 aromatic rings. The summed E-state index contributed by atoms with van der Waals surface area (Å²) in [5.41, 5.74) is 1.42. The van der Waals surface area contributed by atoms with Crippen molar-refractivity contribution in [2.24, 2.45) is 0 Å². The molecule has 1 heterocycles. The maximum atomic E-state index is 12.5. The molecule has 0 radical (unpaired) electrons. The number of carbonyl (C=O) groups excluding carboxylic acids is 1. The Labute approximate surface area is 161 Å². The van der Waals surface area contributed by atoms with Gasteiger partial charge in [-0.05, 0) is 55.5 Å². The zero-order valence-corrected chi connectivity index (χ0v) is 16.3. The van der Waals surface area contributed by atoms with Gasteiger partial charge in [0.05, 0.1) is 5.69 Å². The van der Waals surface area contributed by atoms with Crippen LogP contribution in [-0.2, 0) is 0 Å². The first-order chi connectivity index (χ1) is 11.9. The number of amides is 1. The first-order valence-electron chi connectivity index (χ1n) is 7.38. The molecule has 2 aromatic carbocycles. The van der Waals surface area contributed by atoms with Gasteiger partial charge in [-0.15, -0.1) is 0 Å². The number of aryl methyl sites for hydroxylation is 1. The number of hydrogen-bond acceptors (Lipinski definition) is 3. The lowest BCUT2D eigenvalue weighted by atomic mass is 10.2. The highest BCUT2D eigenvalue weighted by Crippen LogP contribution is 2.16. The predicted molar refractivity (Wildman–Crippen MR) is 104 cm³/mol. The molecule has 0 unspecified atom stereocenters. The van der Waals surface area contributed by atoms with Crippen molar-refractivity contribution in [2.45, 2.75) is 6.92 Å². The summed E-state index contributed by atoms with van der Waals surface area (Å²) >= 11 is 6.72. The molecular weight excluding hydrogens is 450 g/mol. The molecule has 0 saturated carbocycles. The number of anilines is 1. The number of halogens is 2. The van der Waals surface area contributed by atoms with Crippen molar-refractivity contribution in [3.05, 3.63) is 85.2 Å². The van der Waals surface area contributed by atoms with Crippen molar-refractivity contribution >= 4 is 43.5 Å². The number of aromatic nitrogens is 2. The van der Waals surface area contributed by atoms with Crippen LogP contribution in [0.25, 0.3) is 5.69 Å². The van der Waals surface area contributed by atoms with Gasteiger partial charge in [0, 0.05) is 26.4 Å². The summed E-state index contributed by atoms with van der Waals surface area (Å²) < 4.78 is 3.41. The van der Waals surface area contributed by atoms with Gasteiger partial charge < -0.3 is 5.32 Å². The van der Waals surface area contributed by atoms with Gasteiger partial charge in [0.1, 0.15) is 0 Å². The quantitative estimate of drug-likeness (QED) is 0.630. The molecule has 0 aliphatic rings. The van der Waals surface area contributed by atoms with Gasteiger partial charge in [-0.1, -0.05) is 31.9 Å². The molecule has 0 spiro atoms. The summed E-state index contributed by atoms with van der Waals surface area (Å²) in [7, 11) is 0. The first-order valence-corrected chi connectivity index (χ1v) is 8.96. The number of nitrogens with zero attached hydrogens (tertiary/aromatic N) is 2. The second kappa shape index (κ2) is 7.33. The van der Waals surface area contributed by atoms with Gasteiger partial charge >= 0.3 is 0 Å². The number of carbonyl (C=O) groups is 1. The van der Waals surface area contributed by atoms with E-state index in [2.05, 4.69) is 42.3 Å². The fourth-order valence-electron chi connectivity index (χ4n) is 2.27. The van der Waals surface area contributed by atoms with Crippen LogP contribution in [0, 0.1) is 6.92 Å². The molecular formula is C18H13Br2N3O2. The van der Waals surface area contributed by atoms with Crippen LogP contribution in [0.4, 0.5) is 5.69 Å². The van der Waals surface area contributed by atoms with E-state index in [1.165, 1.54) is 6.07 Å². The maximum absolute atomic E-state index is 12.5. The molecule has 0 fully saturated rings. The standard InChI is InChI=1S/C18H13Br2N3O2/c1-11-10-16(24)17(18(25)21-14-6-2-12(19)3-7-14)22-23(11)15-8-4-13(20)5-9-15/h2-10H,1H3,(H,21,25). The second-order valence-corrected chi connectivity index (χ2v) is 7.18. The van der Waals surface area contributed by atoms with Gasteiger partial charge in [0.15, 0.2) is 5.69 Å². The summed E-state index contributed by atoms with van der Waals surface area (Å²) in [5.74, 6) is -0.543. The lowest BCUT2D eigenvalue weighted by Gasteiger charge is -2.11. The minimum Gasteiger partial charge on any atom is -0.320 e.